The third-order valence-electron chi connectivity index (χ3n) is 6.68. The van der Waals surface area contributed by atoms with Crippen LogP contribution in [0.3, 0.4) is 0 Å². The normalized spacial score (nSPS) is 21.0. The molecule has 0 saturated carbocycles. The fourth-order valence-corrected chi connectivity index (χ4v) is 5.16. The molecule has 0 bridgehead atoms. The first-order valence-electron chi connectivity index (χ1n) is 11.6. The number of rotatable bonds is 4. The van der Waals surface area contributed by atoms with Crippen molar-refractivity contribution in [3.05, 3.63) is 29.8 Å². The van der Waals surface area contributed by atoms with Crippen LogP contribution in [0, 0.1) is 5.41 Å². The van der Waals surface area contributed by atoms with E-state index in [9.17, 15) is 9.59 Å². The lowest BCUT2D eigenvalue weighted by Crippen LogP contribution is -2.53. The van der Waals surface area contributed by atoms with Gasteiger partial charge in [0, 0.05) is 13.1 Å². The Morgan fingerprint density at radius 1 is 1.23 bits per heavy atom. The number of nitrogens with zero attached hydrogens (tertiary/aromatic N) is 1. The van der Waals surface area contributed by atoms with E-state index in [0.717, 1.165) is 43.6 Å². The Bertz CT molecular complexity index is 735. The van der Waals surface area contributed by atoms with Crippen LogP contribution in [0.5, 0.6) is 5.75 Å². The van der Waals surface area contributed by atoms with Crippen molar-refractivity contribution in [1.29, 1.82) is 0 Å². The average molecular weight is 448 g/mol. The summed E-state index contributed by atoms with van der Waals surface area (Å²) in [7, 11) is 0. The van der Waals surface area contributed by atoms with Gasteiger partial charge >= 0.3 is 0 Å². The number of nitrogens with one attached hydrogen (secondary N) is 1. The largest absolute Gasteiger partial charge is 0.491 e. The summed E-state index contributed by atoms with van der Waals surface area (Å²) in [5.41, 5.74) is 6.96. The van der Waals surface area contributed by atoms with Gasteiger partial charge in [0.1, 0.15) is 12.4 Å². The molecule has 7 heteroatoms. The number of nitrogens with two attached hydrogens (primary N) is 1. The number of para-hydroxylation sites is 1. The molecular weight excluding hydrogens is 410 g/mol. The van der Waals surface area contributed by atoms with Crippen LogP contribution in [-0.2, 0) is 16.0 Å². The number of thioether (sulfide) groups is 1. The first kappa shape index (κ1) is 23.9. The molecule has 1 aromatic carbocycles. The Hall–Kier alpha value is -1.73. The van der Waals surface area contributed by atoms with Crippen molar-refractivity contribution in [2.75, 3.05) is 38.2 Å². The van der Waals surface area contributed by atoms with E-state index >= 15 is 0 Å². The highest BCUT2D eigenvalue weighted by Gasteiger charge is 2.42. The molecule has 3 N–H and O–H groups in total. The zero-order chi connectivity index (χ0) is 22.1. The van der Waals surface area contributed by atoms with Gasteiger partial charge in [0.25, 0.3) is 0 Å². The monoisotopic (exact) mass is 447 g/mol. The van der Waals surface area contributed by atoms with Gasteiger partial charge in [-0.05, 0) is 62.2 Å². The number of piperidine rings is 1. The number of fused-ring (bicyclic) bond motifs is 1. The van der Waals surface area contributed by atoms with E-state index < -0.39 is 6.04 Å². The van der Waals surface area contributed by atoms with Crippen LogP contribution in [0.15, 0.2) is 24.3 Å². The predicted molar refractivity (Wildman–Crippen MR) is 126 cm³/mol. The molecule has 1 aromatic rings. The Labute approximate surface area is 190 Å². The Kier molecular flexibility index (Phi) is 9.08. The van der Waals surface area contributed by atoms with Crippen LogP contribution in [-0.4, -0.2) is 61.0 Å². The molecule has 1 fully saturated rings. The highest BCUT2D eigenvalue weighted by Crippen LogP contribution is 2.37. The topological polar surface area (TPSA) is 84.7 Å². The van der Waals surface area contributed by atoms with Crippen LogP contribution in [0.25, 0.3) is 0 Å². The van der Waals surface area contributed by atoms with E-state index in [-0.39, 0.29) is 17.2 Å². The molecule has 2 heterocycles. The van der Waals surface area contributed by atoms with Gasteiger partial charge in [0.2, 0.25) is 11.8 Å². The molecule has 3 rings (SSSR count). The van der Waals surface area contributed by atoms with E-state index in [2.05, 4.69) is 17.4 Å². The van der Waals surface area contributed by atoms with Crippen LogP contribution in [0.4, 0.5) is 0 Å². The number of amides is 2. The lowest BCUT2D eigenvalue weighted by molar-refractivity contribution is -0.141. The zero-order valence-electron chi connectivity index (χ0n) is 18.7. The lowest BCUT2D eigenvalue weighted by Gasteiger charge is -2.41. The predicted octanol–water partition coefficient (Wildman–Crippen LogP) is 2.99. The molecule has 6 nitrogen and oxygen atoms in total. The summed E-state index contributed by atoms with van der Waals surface area (Å²) in [6.07, 6.45) is 9.22. The first-order valence-corrected chi connectivity index (χ1v) is 13.0. The minimum atomic E-state index is -0.436. The maximum Gasteiger partial charge on any atom is 0.239 e. The Morgan fingerprint density at radius 2 is 2.00 bits per heavy atom. The fourth-order valence-electron chi connectivity index (χ4n) is 4.67. The number of hydrogen-bond acceptors (Lipinski definition) is 5. The smallest absolute Gasteiger partial charge is 0.239 e. The molecule has 1 atom stereocenters. The quantitative estimate of drug-likeness (QED) is 0.741. The van der Waals surface area contributed by atoms with Crippen LogP contribution < -0.4 is 15.8 Å². The summed E-state index contributed by atoms with van der Waals surface area (Å²) in [6, 6.07) is 7.75. The van der Waals surface area contributed by atoms with E-state index in [1.54, 1.807) is 11.8 Å². The number of aryl methyl sites for hydroxylation is 1. The van der Waals surface area contributed by atoms with Crippen molar-refractivity contribution < 1.29 is 14.3 Å². The van der Waals surface area contributed by atoms with Crippen LogP contribution in [0.1, 0.15) is 50.5 Å². The first-order chi connectivity index (χ1) is 15.1. The highest BCUT2D eigenvalue weighted by molar-refractivity contribution is 7.98. The van der Waals surface area contributed by atoms with Gasteiger partial charge in [-0.25, -0.2) is 0 Å². The maximum atomic E-state index is 13.2. The number of carbonyl (C=O) groups is 2. The van der Waals surface area contributed by atoms with Gasteiger partial charge < -0.3 is 20.7 Å². The van der Waals surface area contributed by atoms with Gasteiger partial charge in [-0.2, -0.15) is 11.8 Å². The van der Waals surface area contributed by atoms with Gasteiger partial charge in [0.15, 0.2) is 0 Å². The SMILES string of the molecule is CSCC[C@@H](N)C(=O)N1CCC2(CCCCCc3ccccc3OCCNC2=O)CC1. The number of carbonyl (C=O) groups excluding carboxylic acids is 2. The van der Waals surface area contributed by atoms with Gasteiger partial charge in [-0.15, -0.1) is 0 Å². The molecule has 0 aromatic heterocycles. The summed E-state index contributed by atoms with van der Waals surface area (Å²) < 4.78 is 5.95. The second-order valence-electron chi connectivity index (χ2n) is 8.77. The Balaban J connectivity index is 1.60. The average Bonchev–Trinajstić information content (AvgIpc) is 2.81. The van der Waals surface area contributed by atoms with E-state index in [1.807, 2.05) is 23.3 Å². The lowest BCUT2D eigenvalue weighted by atomic mass is 9.73. The third kappa shape index (κ3) is 6.39. The third-order valence-corrected chi connectivity index (χ3v) is 7.33. The van der Waals surface area contributed by atoms with Gasteiger partial charge in [0.05, 0.1) is 18.0 Å². The molecule has 2 aliphatic heterocycles. The molecule has 0 unspecified atom stereocenters. The van der Waals surface area contributed by atoms with Crippen molar-refractivity contribution in [1.82, 2.24) is 10.2 Å². The van der Waals surface area contributed by atoms with Crippen molar-refractivity contribution in [2.45, 2.75) is 57.4 Å². The molecule has 2 aliphatic rings. The highest BCUT2D eigenvalue weighted by atomic mass is 32.2. The molecular formula is C24H37N3O3S. The number of ether oxygens (including phenoxy) is 1. The van der Waals surface area contributed by atoms with Gasteiger partial charge in [-0.1, -0.05) is 31.0 Å². The Morgan fingerprint density at radius 3 is 2.77 bits per heavy atom. The summed E-state index contributed by atoms with van der Waals surface area (Å²) in [5.74, 6) is 1.96. The second kappa shape index (κ2) is 11.8. The maximum absolute atomic E-state index is 13.2. The molecule has 0 radical (unpaired) electrons. The zero-order valence-corrected chi connectivity index (χ0v) is 19.6. The van der Waals surface area contributed by atoms with Crippen molar-refractivity contribution >= 4 is 23.6 Å². The fraction of sp³-hybridized carbons (Fsp3) is 0.667. The molecule has 1 saturated heterocycles. The molecule has 31 heavy (non-hydrogen) atoms. The minimum Gasteiger partial charge on any atom is -0.491 e. The van der Waals surface area contributed by atoms with E-state index in [0.29, 0.717) is 45.5 Å². The minimum absolute atomic E-state index is 0.0279. The summed E-state index contributed by atoms with van der Waals surface area (Å²) in [5, 5.41) is 3.11. The number of benzene rings is 1. The standard InChI is InChI=1S/C24H37N3O3S/c1-31-18-10-20(25)22(28)27-15-12-24(13-16-27)11-6-2-3-7-19-8-4-5-9-21(19)30-17-14-26-23(24)29/h4-5,8-9,20H,2-3,6-7,10-18,25H2,1H3,(H,26,29)/t20-/m1/s1. The summed E-state index contributed by atoms with van der Waals surface area (Å²) in [4.78, 5) is 27.7. The number of hydrogen-bond donors (Lipinski definition) is 2. The molecule has 172 valence electrons. The van der Waals surface area contributed by atoms with Gasteiger partial charge in [-0.3, -0.25) is 9.59 Å². The van der Waals surface area contributed by atoms with Crippen molar-refractivity contribution in [3.63, 3.8) is 0 Å². The van der Waals surface area contributed by atoms with Crippen molar-refractivity contribution in [2.24, 2.45) is 11.1 Å². The van der Waals surface area contributed by atoms with Crippen LogP contribution in [0.2, 0.25) is 0 Å². The molecule has 0 aliphatic carbocycles. The van der Waals surface area contributed by atoms with Crippen molar-refractivity contribution in [3.8, 4) is 5.75 Å². The van der Waals surface area contributed by atoms with Crippen LogP contribution >= 0.6 is 11.8 Å². The summed E-state index contributed by atoms with van der Waals surface area (Å²) in [6.45, 7) is 2.19. The van der Waals surface area contributed by atoms with E-state index in [4.69, 9.17) is 10.5 Å². The second-order valence-corrected chi connectivity index (χ2v) is 9.75. The summed E-state index contributed by atoms with van der Waals surface area (Å²) >= 11 is 1.71. The number of likely N-dealkylation sites (tertiary alicyclic amines) is 1. The van der Waals surface area contributed by atoms with E-state index in [1.165, 1.54) is 5.56 Å². The molecule has 2 amide bonds. The molecule has 1 spiro atoms.